The fourth-order valence-electron chi connectivity index (χ4n) is 1.90. The highest BCUT2D eigenvalue weighted by Gasteiger charge is 2.14. The van der Waals surface area contributed by atoms with Crippen molar-refractivity contribution in [2.45, 2.75) is 11.8 Å². The lowest BCUT2D eigenvalue weighted by molar-refractivity contribution is 0.372. The monoisotopic (exact) mass is 315 g/mol. The molecule has 0 fully saturated rings. The Balaban J connectivity index is 2.38. The number of hydrogen-bond donors (Lipinski definition) is 1. The lowest BCUT2D eigenvalue weighted by Gasteiger charge is -2.03. The Labute approximate surface area is 131 Å². The number of rotatable bonds is 3. The maximum absolute atomic E-state index is 12.2. The van der Waals surface area contributed by atoms with Crippen LogP contribution in [0.25, 0.3) is 0 Å². The van der Waals surface area contributed by atoms with Crippen LogP contribution in [-0.2, 0) is 15.0 Å². The van der Waals surface area contributed by atoms with Gasteiger partial charge in [0.15, 0.2) is 20.9 Å². The van der Waals surface area contributed by atoms with Gasteiger partial charge in [0.25, 0.3) is 5.75 Å². The number of methoxy groups -OCH3 is 1. The van der Waals surface area contributed by atoms with Crippen molar-refractivity contribution in [1.82, 2.24) is 0 Å². The van der Waals surface area contributed by atoms with E-state index < -0.39 is 10.8 Å². The standard InChI is InChI=1S/C17H15NO3S/c1-12-3-5-15(6-4-12)22(20)8-7-14-9-13(11-18)10-16(19)17(14)21-2/h3-6,9-11,18-19H,1-2H3/p+2. The minimum atomic E-state index is -1.84. The van der Waals surface area contributed by atoms with E-state index >= 15 is 0 Å². The van der Waals surface area contributed by atoms with Crippen molar-refractivity contribution < 1.29 is 14.1 Å². The van der Waals surface area contributed by atoms with Crippen LogP contribution in [0.1, 0.15) is 16.7 Å². The molecule has 0 bridgehead atoms. The van der Waals surface area contributed by atoms with Gasteiger partial charge in [-0.2, -0.15) is 0 Å². The molecule has 112 valence electrons. The van der Waals surface area contributed by atoms with E-state index in [1.165, 1.54) is 13.2 Å². The molecule has 0 amide bonds. The molecule has 5 heteroatoms. The molecular weight excluding hydrogens is 298 g/mol. The van der Waals surface area contributed by atoms with Crippen LogP contribution in [0.15, 0.2) is 41.3 Å². The van der Waals surface area contributed by atoms with E-state index in [0.717, 1.165) is 11.8 Å². The first-order valence-electron chi connectivity index (χ1n) is 6.55. The number of hydrogen-bond acceptors (Lipinski definition) is 3. The zero-order valence-corrected chi connectivity index (χ0v) is 13.2. The highest BCUT2D eigenvalue weighted by Crippen LogP contribution is 2.30. The van der Waals surface area contributed by atoms with Crippen LogP contribution in [0.5, 0.6) is 11.5 Å². The minimum absolute atomic E-state index is 0.151. The molecule has 0 aliphatic rings. The van der Waals surface area contributed by atoms with Crippen molar-refractivity contribution in [3.8, 4) is 22.7 Å². The van der Waals surface area contributed by atoms with Crippen LogP contribution in [0.4, 0.5) is 0 Å². The van der Waals surface area contributed by atoms with Gasteiger partial charge in [-0.15, -0.1) is 0 Å². The first kappa shape index (κ1) is 15.8. The van der Waals surface area contributed by atoms with Gasteiger partial charge in [0.2, 0.25) is 5.75 Å². The summed E-state index contributed by atoms with van der Waals surface area (Å²) in [5.41, 5.74) is 2.11. The molecule has 0 aromatic heterocycles. The molecule has 2 aromatic rings. The third kappa shape index (κ3) is 3.54. The van der Waals surface area contributed by atoms with Gasteiger partial charge < -0.3 is 15.3 Å². The molecule has 4 nitrogen and oxygen atoms in total. The third-order valence-electron chi connectivity index (χ3n) is 3.04. The van der Waals surface area contributed by atoms with Gasteiger partial charge in [-0.1, -0.05) is 21.9 Å². The summed E-state index contributed by atoms with van der Waals surface area (Å²) in [6.07, 6.45) is 1.14. The molecule has 22 heavy (non-hydrogen) atoms. The average molecular weight is 315 g/mol. The summed E-state index contributed by atoms with van der Waals surface area (Å²) in [7, 11) is -0.377. The van der Waals surface area contributed by atoms with Gasteiger partial charge in [0.1, 0.15) is 0 Å². The van der Waals surface area contributed by atoms with Crippen molar-refractivity contribution in [3.63, 3.8) is 0 Å². The zero-order valence-electron chi connectivity index (χ0n) is 12.3. The largest absolute Gasteiger partial charge is 0.591 e. The molecule has 0 radical (unpaired) electrons. The molecule has 3 N–H and O–H groups in total. The number of thiol groups is 1. The van der Waals surface area contributed by atoms with Gasteiger partial charge >= 0.3 is 0 Å². The fraction of sp³-hybridized carbons (Fsp3) is 0.118. The molecule has 2 rings (SSSR count). The van der Waals surface area contributed by atoms with Crippen LogP contribution in [-0.4, -0.2) is 18.4 Å². The molecule has 2 aromatic carbocycles. The molecule has 0 aliphatic heterocycles. The molecule has 0 saturated heterocycles. The van der Waals surface area contributed by atoms with Crippen LogP contribution < -0.4 is 4.74 Å². The normalized spacial score (nSPS) is 11.2. The van der Waals surface area contributed by atoms with E-state index in [-0.39, 0.29) is 5.75 Å². The summed E-state index contributed by atoms with van der Waals surface area (Å²) in [5.74, 6) is 3.29. The third-order valence-corrected chi connectivity index (χ3v) is 4.12. The van der Waals surface area contributed by atoms with Gasteiger partial charge in [-0.25, -0.2) is 0 Å². The van der Waals surface area contributed by atoms with Gasteiger partial charge in [0, 0.05) is 17.8 Å². The molecular formula is C17H17NO3S+2. The van der Waals surface area contributed by atoms with E-state index in [0.29, 0.717) is 21.8 Å². The van der Waals surface area contributed by atoms with Crippen LogP contribution in [0.3, 0.4) is 0 Å². The van der Waals surface area contributed by atoms with E-state index in [9.17, 15) is 4.21 Å². The number of benzene rings is 2. The van der Waals surface area contributed by atoms with E-state index in [1.54, 1.807) is 18.2 Å². The van der Waals surface area contributed by atoms with Gasteiger partial charge in [-0.3, -0.25) is 0 Å². The smallest absolute Gasteiger partial charge is 0.298 e. The van der Waals surface area contributed by atoms with Crippen LogP contribution in [0.2, 0.25) is 0 Å². The second kappa shape index (κ2) is 6.92. The number of ether oxygens (including phenoxy) is 1. The Morgan fingerprint density at radius 1 is 1.27 bits per heavy atom. The Bertz CT molecular complexity index is 786. The molecule has 0 heterocycles. The van der Waals surface area contributed by atoms with E-state index in [1.807, 2.05) is 19.1 Å². The first-order valence-corrected chi connectivity index (χ1v) is 7.81. The molecule has 0 spiro atoms. The summed E-state index contributed by atoms with van der Waals surface area (Å²) in [6, 6.07) is 10.5. The summed E-state index contributed by atoms with van der Waals surface area (Å²) in [4.78, 5) is 0.668. The summed E-state index contributed by atoms with van der Waals surface area (Å²) >= 11 is 0. The highest BCUT2D eigenvalue weighted by atomic mass is 32.2. The molecule has 0 aliphatic carbocycles. The Hall–Kier alpha value is -2.58. The van der Waals surface area contributed by atoms with Crippen molar-refractivity contribution >= 4 is 17.0 Å². The summed E-state index contributed by atoms with van der Waals surface area (Å²) in [6.45, 7) is 1.96. The predicted molar refractivity (Wildman–Crippen MR) is 89.7 cm³/mol. The Morgan fingerprint density at radius 3 is 2.55 bits per heavy atom. The zero-order chi connectivity index (χ0) is 16.1. The topological polar surface area (TPSA) is 73.0 Å². The summed E-state index contributed by atoms with van der Waals surface area (Å²) in [5, 5.41) is 17.8. The Morgan fingerprint density at radius 2 is 1.95 bits per heavy atom. The van der Waals surface area contributed by atoms with E-state index in [4.69, 9.17) is 15.3 Å². The second-order valence-corrected chi connectivity index (χ2v) is 5.99. The van der Waals surface area contributed by atoms with Crippen molar-refractivity contribution in [2.24, 2.45) is 0 Å². The van der Waals surface area contributed by atoms with Crippen molar-refractivity contribution in [2.75, 3.05) is 7.11 Å². The van der Waals surface area contributed by atoms with Crippen LogP contribution in [0, 0.1) is 23.5 Å². The maximum atomic E-state index is 12.2. The number of aryl methyl sites for hydroxylation is 1. The summed E-state index contributed by atoms with van der Waals surface area (Å²) < 4.78 is 17.4. The second-order valence-electron chi connectivity index (χ2n) is 4.66. The first-order chi connectivity index (χ1) is 10.5. The molecule has 0 saturated carbocycles. The van der Waals surface area contributed by atoms with Crippen molar-refractivity contribution in [1.29, 1.82) is 5.41 Å². The highest BCUT2D eigenvalue weighted by molar-refractivity contribution is 7.89. The lowest BCUT2D eigenvalue weighted by atomic mass is 10.1. The predicted octanol–water partition coefficient (Wildman–Crippen LogP) is 2.50. The average Bonchev–Trinajstić information content (AvgIpc) is 2.52. The van der Waals surface area contributed by atoms with Crippen LogP contribution >= 0.6 is 0 Å². The van der Waals surface area contributed by atoms with Gasteiger partial charge in [0.05, 0.1) is 12.7 Å². The molecule has 1 unspecified atom stereocenters. The quantitative estimate of drug-likeness (QED) is 0.409. The minimum Gasteiger partial charge on any atom is -0.591 e. The molecule has 1 atom stereocenters. The van der Waals surface area contributed by atoms with E-state index in [2.05, 4.69) is 11.2 Å². The number of nitrogens with one attached hydrogen (secondary N) is 1. The lowest BCUT2D eigenvalue weighted by Crippen LogP contribution is -1.92. The van der Waals surface area contributed by atoms with Crippen molar-refractivity contribution in [3.05, 3.63) is 53.1 Å². The van der Waals surface area contributed by atoms with Gasteiger partial charge in [-0.05, 0) is 31.0 Å². The fourth-order valence-corrected chi connectivity index (χ4v) is 2.67. The Kier molecular flexibility index (Phi) is 4.97. The maximum Gasteiger partial charge on any atom is 0.298 e. The SMILES string of the molecule is COc1c([OH2+])cc(C=N)cc1C#C[SH+](=O)c1ccc(C)cc1.